The van der Waals surface area contributed by atoms with Gasteiger partial charge >= 0.3 is 0 Å². The van der Waals surface area contributed by atoms with Gasteiger partial charge in [0.05, 0.1) is 17.5 Å². The number of hydrogen-bond acceptors (Lipinski definition) is 2. The molecule has 0 aliphatic carbocycles. The third-order valence-electron chi connectivity index (χ3n) is 0.518. The average molecular weight is 114 g/mol. The van der Waals surface area contributed by atoms with E-state index in [1.165, 1.54) is 0 Å². The van der Waals surface area contributed by atoms with Crippen molar-refractivity contribution in [3.8, 4) is 6.07 Å². The second-order valence-corrected chi connectivity index (χ2v) is 1.50. The van der Waals surface area contributed by atoms with Crippen molar-refractivity contribution < 1.29 is 0 Å². The third kappa shape index (κ3) is 3.20. The second kappa shape index (κ2) is 3.57. The van der Waals surface area contributed by atoms with Gasteiger partial charge in [-0.2, -0.15) is 5.26 Å². The Labute approximate surface area is 48.1 Å². The molecule has 0 rings (SSSR count). The summed E-state index contributed by atoms with van der Waals surface area (Å²) in [6.45, 7) is 0. The summed E-state index contributed by atoms with van der Waals surface area (Å²) in [5.41, 5.74) is 0. The maximum absolute atomic E-state index is 7.99. The summed E-state index contributed by atoms with van der Waals surface area (Å²) in [5.74, 6) is 0. The van der Waals surface area contributed by atoms with E-state index in [1.54, 1.807) is 7.05 Å². The van der Waals surface area contributed by atoms with E-state index in [2.05, 4.69) is 17.5 Å². The number of nitriles is 1. The molecule has 0 aliphatic rings. The van der Waals surface area contributed by atoms with Crippen molar-refractivity contribution in [3.05, 3.63) is 0 Å². The van der Waals surface area contributed by atoms with Gasteiger partial charge in [0.2, 0.25) is 0 Å². The highest BCUT2D eigenvalue weighted by Gasteiger charge is 1.84. The summed E-state index contributed by atoms with van der Waals surface area (Å²) >= 11 is 4.62. The van der Waals surface area contributed by atoms with E-state index in [0.29, 0.717) is 11.4 Å². The highest BCUT2D eigenvalue weighted by atomic mass is 32.1. The lowest BCUT2D eigenvalue weighted by atomic mass is 10.5. The standard InChI is InChI=1S/C4H6N2S/c1-6-4(7)2-3-5/h2H2,1H3,(H,6,7). The van der Waals surface area contributed by atoms with E-state index in [9.17, 15) is 0 Å². The summed E-state index contributed by atoms with van der Waals surface area (Å²) in [6.07, 6.45) is 0.325. The first-order valence-electron chi connectivity index (χ1n) is 1.88. The number of hydrogen-bond donors (Lipinski definition) is 1. The van der Waals surface area contributed by atoms with Crippen LogP contribution >= 0.6 is 12.2 Å². The summed E-state index contributed by atoms with van der Waals surface area (Å²) in [7, 11) is 1.71. The van der Waals surface area contributed by atoms with E-state index < -0.39 is 0 Å². The zero-order chi connectivity index (χ0) is 5.70. The molecular weight excluding hydrogens is 108 g/mol. The van der Waals surface area contributed by atoms with Crippen LogP contribution in [0.25, 0.3) is 0 Å². The zero-order valence-electron chi connectivity index (χ0n) is 4.06. The number of nitrogens with zero attached hydrogens (tertiary/aromatic N) is 1. The number of rotatable bonds is 1. The van der Waals surface area contributed by atoms with Gasteiger partial charge in [0.25, 0.3) is 0 Å². The van der Waals surface area contributed by atoms with Crippen molar-refractivity contribution >= 4 is 17.2 Å². The molecule has 0 atom stereocenters. The van der Waals surface area contributed by atoms with Gasteiger partial charge in [0.1, 0.15) is 0 Å². The Morgan fingerprint density at radius 1 is 2.00 bits per heavy atom. The van der Waals surface area contributed by atoms with Crippen LogP contribution < -0.4 is 5.32 Å². The Balaban J connectivity index is 3.23. The Morgan fingerprint density at radius 3 is 2.71 bits per heavy atom. The summed E-state index contributed by atoms with van der Waals surface area (Å²) in [5, 5.41) is 10.7. The van der Waals surface area contributed by atoms with Gasteiger partial charge in [-0.3, -0.25) is 0 Å². The zero-order valence-corrected chi connectivity index (χ0v) is 4.88. The molecule has 38 valence electrons. The van der Waals surface area contributed by atoms with Crippen LogP contribution in [0.2, 0.25) is 0 Å². The van der Waals surface area contributed by atoms with Crippen molar-refractivity contribution in [2.45, 2.75) is 6.42 Å². The molecule has 0 amide bonds. The van der Waals surface area contributed by atoms with Gasteiger partial charge in [0.15, 0.2) is 0 Å². The van der Waals surface area contributed by atoms with Crippen LogP contribution in [0, 0.1) is 11.3 Å². The lowest BCUT2D eigenvalue weighted by Crippen LogP contribution is -2.13. The molecule has 3 heteroatoms. The molecule has 0 saturated carbocycles. The predicted molar refractivity (Wildman–Crippen MR) is 31.9 cm³/mol. The van der Waals surface area contributed by atoms with Crippen molar-refractivity contribution in [2.24, 2.45) is 0 Å². The molecule has 0 aromatic rings. The molecule has 0 aromatic heterocycles. The predicted octanol–water partition coefficient (Wildman–Crippen LogP) is 0.447. The van der Waals surface area contributed by atoms with Crippen molar-refractivity contribution in [2.75, 3.05) is 7.05 Å². The first kappa shape index (κ1) is 6.38. The van der Waals surface area contributed by atoms with Gasteiger partial charge in [-0.15, -0.1) is 0 Å². The van der Waals surface area contributed by atoms with Crippen LogP contribution in [0.15, 0.2) is 0 Å². The van der Waals surface area contributed by atoms with Crippen LogP contribution in [0.3, 0.4) is 0 Å². The first-order chi connectivity index (χ1) is 3.31. The minimum absolute atomic E-state index is 0.325. The molecule has 0 bridgehead atoms. The Hall–Kier alpha value is -0.620. The molecular formula is C4H6N2S. The van der Waals surface area contributed by atoms with Crippen LogP contribution in [-0.2, 0) is 0 Å². The quantitative estimate of drug-likeness (QED) is 0.503. The van der Waals surface area contributed by atoms with E-state index in [0.717, 1.165) is 0 Å². The Bertz CT molecular complexity index is 103. The van der Waals surface area contributed by atoms with Crippen molar-refractivity contribution in [1.29, 1.82) is 5.26 Å². The normalized spacial score (nSPS) is 6.86. The molecule has 0 unspecified atom stereocenters. The Morgan fingerprint density at radius 2 is 2.57 bits per heavy atom. The van der Waals surface area contributed by atoms with Crippen molar-refractivity contribution in [1.82, 2.24) is 5.32 Å². The van der Waals surface area contributed by atoms with E-state index in [-0.39, 0.29) is 0 Å². The van der Waals surface area contributed by atoms with E-state index in [1.807, 2.05) is 6.07 Å². The lowest BCUT2D eigenvalue weighted by molar-refractivity contribution is 1.16. The van der Waals surface area contributed by atoms with E-state index >= 15 is 0 Å². The fourth-order valence-electron chi connectivity index (χ4n) is 0.160. The minimum atomic E-state index is 0.325. The SMILES string of the molecule is CNC(=S)CC#N. The lowest BCUT2D eigenvalue weighted by Gasteiger charge is -1.90. The fraction of sp³-hybridized carbons (Fsp3) is 0.500. The van der Waals surface area contributed by atoms with Gasteiger partial charge in [0, 0.05) is 7.05 Å². The molecule has 7 heavy (non-hydrogen) atoms. The average Bonchev–Trinajstić information content (AvgIpc) is 1.68. The Kier molecular flexibility index (Phi) is 3.25. The summed E-state index contributed by atoms with van der Waals surface area (Å²) < 4.78 is 0. The number of thiocarbonyl (C=S) groups is 1. The molecule has 0 spiro atoms. The molecule has 0 radical (unpaired) electrons. The highest BCUT2D eigenvalue weighted by Crippen LogP contribution is 1.75. The molecule has 0 aliphatic heterocycles. The smallest absolute Gasteiger partial charge is 0.0893 e. The maximum Gasteiger partial charge on any atom is 0.0893 e. The summed E-state index contributed by atoms with van der Waals surface area (Å²) in [6, 6.07) is 1.91. The maximum atomic E-state index is 7.99. The van der Waals surface area contributed by atoms with Crippen LogP contribution in [0.1, 0.15) is 6.42 Å². The van der Waals surface area contributed by atoms with E-state index in [4.69, 9.17) is 5.26 Å². The topological polar surface area (TPSA) is 35.8 Å². The van der Waals surface area contributed by atoms with Crippen LogP contribution in [0.5, 0.6) is 0 Å². The summed E-state index contributed by atoms with van der Waals surface area (Å²) in [4.78, 5) is 0.600. The molecule has 0 saturated heterocycles. The van der Waals surface area contributed by atoms with Gasteiger partial charge in [-0.25, -0.2) is 0 Å². The van der Waals surface area contributed by atoms with Crippen LogP contribution in [0.4, 0.5) is 0 Å². The molecule has 0 fully saturated rings. The highest BCUT2D eigenvalue weighted by molar-refractivity contribution is 7.80. The molecule has 0 aromatic carbocycles. The van der Waals surface area contributed by atoms with Crippen LogP contribution in [-0.4, -0.2) is 12.0 Å². The number of nitrogens with one attached hydrogen (secondary N) is 1. The first-order valence-corrected chi connectivity index (χ1v) is 2.29. The molecule has 1 N–H and O–H groups in total. The molecule has 0 heterocycles. The second-order valence-electron chi connectivity index (χ2n) is 1.01. The minimum Gasteiger partial charge on any atom is -0.382 e. The fourth-order valence-corrected chi connectivity index (χ4v) is 0.225. The third-order valence-corrected chi connectivity index (χ3v) is 0.867. The monoisotopic (exact) mass is 114 g/mol. The van der Waals surface area contributed by atoms with Gasteiger partial charge in [-0.1, -0.05) is 12.2 Å². The van der Waals surface area contributed by atoms with Crippen molar-refractivity contribution in [3.63, 3.8) is 0 Å². The van der Waals surface area contributed by atoms with Gasteiger partial charge < -0.3 is 5.32 Å². The van der Waals surface area contributed by atoms with Gasteiger partial charge in [-0.05, 0) is 0 Å². The molecule has 2 nitrogen and oxygen atoms in total. The largest absolute Gasteiger partial charge is 0.382 e.